The molecule has 0 aliphatic heterocycles. The molecule has 3 aromatic rings. The maximum Gasteiger partial charge on any atom is 0.272 e. The Bertz CT molecular complexity index is 982. The summed E-state index contributed by atoms with van der Waals surface area (Å²) in [4.78, 5) is 22.8. The van der Waals surface area contributed by atoms with Gasteiger partial charge in [0.1, 0.15) is 5.82 Å². The third-order valence-electron chi connectivity index (χ3n) is 3.71. The van der Waals surface area contributed by atoms with Crippen molar-refractivity contribution in [3.05, 3.63) is 73.4 Å². The van der Waals surface area contributed by atoms with E-state index in [2.05, 4.69) is 26.1 Å². The first-order chi connectivity index (χ1) is 11.0. The van der Waals surface area contributed by atoms with E-state index in [4.69, 9.17) is 0 Å². The second kappa shape index (κ2) is 6.04. The Hall–Kier alpha value is -2.34. The number of aldehydes is 1. The van der Waals surface area contributed by atoms with E-state index in [1.165, 1.54) is 12.1 Å². The summed E-state index contributed by atoms with van der Waals surface area (Å²) >= 11 is 3.46. The van der Waals surface area contributed by atoms with Crippen molar-refractivity contribution in [2.75, 3.05) is 0 Å². The predicted molar refractivity (Wildman–Crippen MR) is 89.4 cm³/mol. The molecule has 0 bridgehead atoms. The largest absolute Gasteiger partial charge is 0.298 e. The molecule has 0 unspecified atom stereocenters. The fourth-order valence-electron chi connectivity index (χ4n) is 2.47. The van der Waals surface area contributed by atoms with Crippen molar-refractivity contribution in [3.63, 3.8) is 0 Å². The molecule has 23 heavy (non-hydrogen) atoms. The lowest BCUT2D eigenvalue weighted by atomic mass is 10.0. The molecule has 0 aliphatic carbocycles. The van der Waals surface area contributed by atoms with Crippen molar-refractivity contribution in [2.24, 2.45) is 0 Å². The van der Waals surface area contributed by atoms with E-state index < -0.39 is 5.82 Å². The third-order valence-corrected chi connectivity index (χ3v) is 4.56. The minimum absolute atomic E-state index is 0.00764. The molecular weight excluding hydrogens is 363 g/mol. The zero-order valence-electron chi connectivity index (χ0n) is 12.2. The molecule has 0 spiro atoms. The lowest BCUT2D eigenvalue weighted by Crippen LogP contribution is -2.12. The number of hydrogen-bond donors (Lipinski definition) is 1. The van der Waals surface area contributed by atoms with Gasteiger partial charge in [-0.05, 0) is 42.3 Å². The summed E-state index contributed by atoms with van der Waals surface area (Å²) in [6, 6.07) is 8.00. The highest BCUT2D eigenvalue weighted by atomic mass is 79.9. The van der Waals surface area contributed by atoms with Gasteiger partial charge in [0.15, 0.2) is 6.29 Å². The van der Waals surface area contributed by atoms with Crippen LogP contribution in [0.15, 0.2) is 39.6 Å². The number of nitrogens with one attached hydrogen (secondary N) is 1. The van der Waals surface area contributed by atoms with Crippen LogP contribution in [0.1, 0.15) is 27.2 Å². The second-order valence-electron chi connectivity index (χ2n) is 5.30. The topological polar surface area (TPSA) is 62.8 Å². The van der Waals surface area contributed by atoms with Crippen LogP contribution in [-0.2, 0) is 6.42 Å². The predicted octanol–water partition coefficient (Wildman–Crippen LogP) is 3.54. The van der Waals surface area contributed by atoms with Gasteiger partial charge in [0.25, 0.3) is 5.56 Å². The molecule has 0 aliphatic rings. The molecular formula is C17H12BrFN2O2. The summed E-state index contributed by atoms with van der Waals surface area (Å²) < 4.78 is 14.3. The zero-order chi connectivity index (χ0) is 16.6. The molecule has 2 aromatic carbocycles. The Kier molecular flexibility index (Phi) is 4.09. The second-order valence-corrected chi connectivity index (χ2v) is 6.15. The van der Waals surface area contributed by atoms with Crippen LogP contribution >= 0.6 is 15.9 Å². The van der Waals surface area contributed by atoms with Gasteiger partial charge in [-0.1, -0.05) is 22.0 Å². The molecule has 1 N–H and O–H groups in total. The van der Waals surface area contributed by atoms with E-state index in [0.717, 1.165) is 21.0 Å². The monoisotopic (exact) mass is 374 g/mol. The molecule has 0 saturated carbocycles. The Morgan fingerprint density at radius 3 is 2.78 bits per heavy atom. The molecule has 6 heteroatoms. The summed E-state index contributed by atoms with van der Waals surface area (Å²) in [6.45, 7) is 1.90. The molecule has 1 heterocycles. The number of benzene rings is 2. The van der Waals surface area contributed by atoms with E-state index in [0.29, 0.717) is 23.8 Å². The van der Waals surface area contributed by atoms with E-state index in [9.17, 15) is 14.0 Å². The number of fused-ring (bicyclic) bond motifs is 1. The summed E-state index contributed by atoms with van der Waals surface area (Å²) in [5.41, 5.74) is 2.10. The molecule has 0 radical (unpaired) electrons. The Morgan fingerprint density at radius 1 is 1.26 bits per heavy atom. The van der Waals surface area contributed by atoms with E-state index in [1.807, 2.05) is 13.0 Å². The standard InChI is InChI=1S/C17H12BrFN2O2/c1-9-4-13-12(7-14(9)18)16(20-21-17(13)23)6-10-2-3-15(19)11(5-10)8-22/h2-5,7-8H,6H2,1H3,(H,21,23). The first kappa shape index (κ1) is 15.6. The molecule has 1 aromatic heterocycles. The van der Waals surface area contributed by atoms with Crippen LogP contribution in [-0.4, -0.2) is 16.5 Å². The maximum absolute atomic E-state index is 13.4. The van der Waals surface area contributed by atoms with E-state index in [-0.39, 0.29) is 11.1 Å². The van der Waals surface area contributed by atoms with Crippen molar-refractivity contribution in [3.8, 4) is 0 Å². The van der Waals surface area contributed by atoms with Crippen molar-refractivity contribution in [1.29, 1.82) is 0 Å². The number of aryl methyl sites for hydroxylation is 1. The Labute approximate surface area is 139 Å². The fourth-order valence-corrected chi connectivity index (χ4v) is 2.81. The first-order valence-electron chi connectivity index (χ1n) is 6.90. The minimum Gasteiger partial charge on any atom is -0.298 e. The highest BCUT2D eigenvalue weighted by Gasteiger charge is 2.11. The van der Waals surface area contributed by atoms with Gasteiger partial charge in [0, 0.05) is 16.3 Å². The van der Waals surface area contributed by atoms with Crippen molar-refractivity contribution >= 4 is 33.0 Å². The van der Waals surface area contributed by atoms with Crippen LogP contribution in [0, 0.1) is 12.7 Å². The number of aromatic amines is 1. The van der Waals surface area contributed by atoms with Crippen molar-refractivity contribution < 1.29 is 9.18 Å². The summed E-state index contributed by atoms with van der Waals surface area (Å²) in [5.74, 6) is -0.554. The molecule has 0 fully saturated rings. The van der Waals surface area contributed by atoms with Gasteiger partial charge in [-0.2, -0.15) is 5.10 Å². The van der Waals surface area contributed by atoms with Crippen LogP contribution in [0.2, 0.25) is 0 Å². The highest BCUT2D eigenvalue weighted by Crippen LogP contribution is 2.24. The number of H-pyrrole nitrogens is 1. The molecule has 0 amide bonds. The Morgan fingerprint density at radius 2 is 2.04 bits per heavy atom. The van der Waals surface area contributed by atoms with E-state index >= 15 is 0 Å². The zero-order valence-corrected chi connectivity index (χ0v) is 13.8. The average molecular weight is 375 g/mol. The van der Waals surface area contributed by atoms with Gasteiger partial charge in [0.2, 0.25) is 0 Å². The van der Waals surface area contributed by atoms with Crippen LogP contribution in [0.3, 0.4) is 0 Å². The average Bonchev–Trinajstić information content (AvgIpc) is 2.54. The lowest BCUT2D eigenvalue weighted by Gasteiger charge is -2.08. The lowest BCUT2D eigenvalue weighted by molar-refractivity contribution is 0.111. The van der Waals surface area contributed by atoms with Crippen LogP contribution < -0.4 is 5.56 Å². The third kappa shape index (κ3) is 2.94. The van der Waals surface area contributed by atoms with E-state index in [1.54, 1.807) is 12.1 Å². The summed E-state index contributed by atoms with van der Waals surface area (Å²) in [6.07, 6.45) is 0.862. The van der Waals surface area contributed by atoms with Crippen LogP contribution in [0.5, 0.6) is 0 Å². The molecule has 0 saturated heterocycles. The van der Waals surface area contributed by atoms with Crippen LogP contribution in [0.25, 0.3) is 10.8 Å². The van der Waals surface area contributed by atoms with Crippen LogP contribution in [0.4, 0.5) is 4.39 Å². The quantitative estimate of drug-likeness (QED) is 0.713. The van der Waals surface area contributed by atoms with Gasteiger partial charge < -0.3 is 0 Å². The first-order valence-corrected chi connectivity index (χ1v) is 7.70. The number of carbonyl (C=O) groups excluding carboxylic acids is 1. The molecule has 4 nitrogen and oxygen atoms in total. The van der Waals surface area contributed by atoms with Crippen molar-refractivity contribution in [2.45, 2.75) is 13.3 Å². The summed E-state index contributed by atoms with van der Waals surface area (Å²) in [5, 5.41) is 7.87. The number of halogens is 2. The smallest absolute Gasteiger partial charge is 0.272 e. The van der Waals surface area contributed by atoms with Gasteiger partial charge in [-0.15, -0.1) is 0 Å². The van der Waals surface area contributed by atoms with Gasteiger partial charge >= 0.3 is 0 Å². The SMILES string of the molecule is Cc1cc2c(=O)[nH]nc(Cc3ccc(F)c(C=O)c3)c2cc1Br. The molecule has 0 atom stereocenters. The summed E-state index contributed by atoms with van der Waals surface area (Å²) in [7, 11) is 0. The number of nitrogens with zero attached hydrogens (tertiary/aromatic N) is 1. The van der Waals surface area contributed by atoms with Gasteiger partial charge in [0.05, 0.1) is 16.6 Å². The normalized spacial score (nSPS) is 10.9. The van der Waals surface area contributed by atoms with Gasteiger partial charge in [-0.3, -0.25) is 9.59 Å². The fraction of sp³-hybridized carbons (Fsp3) is 0.118. The van der Waals surface area contributed by atoms with Gasteiger partial charge in [-0.25, -0.2) is 9.49 Å². The number of rotatable bonds is 3. The minimum atomic E-state index is -0.554. The maximum atomic E-state index is 13.4. The number of carbonyl (C=O) groups is 1. The highest BCUT2D eigenvalue weighted by molar-refractivity contribution is 9.10. The number of hydrogen-bond acceptors (Lipinski definition) is 3. The Balaban J connectivity index is 2.14. The molecule has 116 valence electrons. The van der Waals surface area contributed by atoms with Crippen molar-refractivity contribution in [1.82, 2.24) is 10.2 Å². The molecule has 3 rings (SSSR count). The number of aromatic nitrogens is 2.